The number of nitrogens with one attached hydrogen (secondary N) is 1. The van der Waals surface area contributed by atoms with Crippen LogP contribution in [0.2, 0.25) is 0 Å². The first-order valence-electron chi connectivity index (χ1n) is 5.61. The molecule has 1 aromatic carbocycles. The van der Waals surface area contributed by atoms with E-state index in [0.29, 0.717) is 18.7 Å². The van der Waals surface area contributed by atoms with Gasteiger partial charge >= 0.3 is 0 Å². The number of nitrogens with two attached hydrogens (primary N) is 1. The second kappa shape index (κ2) is 5.14. The minimum atomic E-state index is -0.461. The third-order valence-corrected chi connectivity index (χ3v) is 2.64. The number of carbonyl (C=O) groups is 1. The number of amides is 1. The number of benzene rings is 1. The Balaban J connectivity index is 1.92. The SMILES string of the molecule is Nc1cc(F)cc(NC(=O)CC2CCCO2)c1. The van der Waals surface area contributed by atoms with Crippen molar-refractivity contribution in [3.63, 3.8) is 0 Å². The molecule has 92 valence electrons. The van der Waals surface area contributed by atoms with Gasteiger partial charge in [0.25, 0.3) is 0 Å². The highest BCUT2D eigenvalue weighted by Crippen LogP contribution is 2.18. The van der Waals surface area contributed by atoms with Crippen molar-refractivity contribution in [2.24, 2.45) is 0 Å². The Hall–Kier alpha value is -1.62. The lowest BCUT2D eigenvalue weighted by Crippen LogP contribution is -2.19. The topological polar surface area (TPSA) is 64.3 Å². The second-order valence-corrected chi connectivity index (χ2v) is 4.16. The Morgan fingerprint density at radius 2 is 2.35 bits per heavy atom. The largest absolute Gasteiger partial charge is 0.399 e. The average molecular weight is 238 g/mol. The molecule has 0 bridgehead atoms. The van der Waals surface area contributed by atoms with Crippen LogP contribution in [0.15, 0.2) is 18.2 Å². The molecule has 1 aliphatic heterocycles. The van der Waals surface area contributed by atoms with E-state index in [-0.39, 0.29) is 17.7 Å². The lowest BCUT2D eigenvalue weighted by molar-refractivity contribution is -0.118. The third-order valence-electron chi connectivity index (χ3n) is 2.64. The van der Waals surface area contributed by atoms with Gasteiger partial charge in [0.05, 0.1) is 12.5 Å². The number of rotatable bonds is 3. The smallest absolute Gasteiger partial charge is 0.226 e. The van der Waals surface area contributed by atoms with E-state index in [1.54, 1.807) is 0 Å². The van der Waals surface area contributed by atoms with E-state index in [4.69, 9.17) is 10.5 Å². The second-order valence-electron chi connectivity index (χ2n) is 4.16. The first-order valence-corrected chi connectivity index (χ1v) is 5.61. The van der Waals surface area contributed by atoms with Crippen LogP contribution in [0.1, 0.15) is 19.3 Å². The molecule has 3 N–H and O–H groups in total. The fraction of sp³-hybridized carbons (Fsp3) is 0.417. The highest BCUT2D eigenvalue weighted by Gasteiger charge is 2.19. The molecule has 0 aliphatic carbocycles. The molecule has 1 fully saturated rings. The van der Waals surface area contributed by atoms with Gasteiger partial charge in [-0.25, -0.2) is 4.39 Å². The Kier molecular flexibility index (Phi) is 3.58. The van der Waals surface area contributed by atoms with Crippen LogP contribution >= 0.6 is 0 Å². The number of halogens is 1. The van der Waals surface area contributed by atoms with Crippen LogP contribution in [0.4, 0.5) is 15.8 Å². The van der Waals surface area contributed by atoms with Crippen LogP contribution in [0.3, 0.4) is 0 Å². The molecule has 2 rings (SSSR count). The molecule has 17 heavy (non-hydrogen) atoms. The fourth-order valence-electron chi connectivity index (χ4n) is 1.91. The standard InChI is InChI=1S/C12H15FN2O2/c13-8-4-9(14)6-10(5-8)15-12(16)7-11-2-1-3-17-11/h4-6,11H,1-3,7,14H2,(H,15,16). The summed E-state index contributed by atoms with van der Waals surface area (Å²) in [6.45, 7) is 0.713. The molecule has 1 aliphatic rings. The van der Waals surface area contributed by atoms with Crippen molar-refractivity contribution in [2.45, 2.75) is 25.4 Å². The molecule has 1 heterocycles. The summed E-state index contributed by atoms with van der Waals surface area (Å²) in [7, 11) is 0. The molecular formula is C12H15FN2O2. The first-order chi connectivity index (χ1) is 8.13. The number of hydrogen-bond donors (Lipinski definition) is 2. The predicted molar refractivity (Wildman–Crippen MR) is 63.0 cm³/mol. The molecule has 0 radical (unpaired) electrons. The van der Waals surface area contributed by atoms with E-state index >= 15 is 0 Å². The van der Waals surface area contributed by atoms with Crippen LogP contribution in [0.25, 0.3) is 0 Å². The Bertz CT molecular complexity index is 397. The number of nitrogen functional groups attached to an aromatic ring is 1. The first kappa shape index (κ1) is 11.9. The molecule has 4 nitrogen and oxygen atoms in total. The van der Waals surface area contributed by atoms with Gasteiger partial charge in [0.15, 0.2) is 0 Å². The van der Waals surface area contributed by atoms with Gasteiger partial charge in [-0.15, -0.1) is 0 Å². The zero-order valence-electron chi connectivity index (χ0n) is 9.41. The predicted octanol–water partition coefficient (Wildman–Crippen LogP) is 1.92. The maximum absolute atomic E-state index is 13.0. The fourth-order valence-corrected chi connectivity index (χ4v) is 1.91. The molecule has 1 atom stereocenters. The average Bonchev–Trinajstić information content (AvgIpc) is 2.67. The maximum atomic E-state index is 13.0. The Morgan fingerprint density at radius 3 is 3.00 bits per heavy atom. The molecule has 1 saturated heterocycles. The van der Waals surface area contributed by atoms with E-state index in [0.717, 1.165) is 12.8 Å². The van der Waals surface area contributed by atoms with Crippen molar-refractivity contribution in [1.29, 1.82) is 0 Å². The number of anilines is 2. The summed E-state index contributed by atoms with van der Waals surface area (Å²) in [5, 5.41) is 2.61. The van der Waals surface area contributed by atoms with Crippen molar-refractivity contribution in [3.05, 3.63) is 24.0 Å². The Morgan fingerprint density at radius 1 is 1.53 bits per heavy atom. The number of carbonyl (C=O) groups excluding carboxylic acids is 1. The third kappa shape index (κ3) is 3.42. The lowest BCUT2D eigenvalue weighted by atomic mass is 10.1. The van der Waals surface area contributed by atoms with Crippen LogP contribution in [-0.4, -0.2) is 18.6 Å². The van der Waals surface area contributed by atoms with Gasteiger partial charge in [-0.3, -0.25) is 4.79 Å². The summed E-state index contributed by atoms with van der Waals surface area (Å²) >= 11 is 0. The zero-order chi connectivity index (χ0) is 12.3. The maximum Gasteiger partial charge on any atom is 0.226 e. The molecule has 5 heteroatoms. The Labute approximate surface area is 98.9 Å². The summed E-state index contributed by atoms with van der Waals surface area (Å²) in [4.78, 5) is 11.6. The lowest BCUT2D eigenvalue weighted by Gasteiger charge is -2.10. The summed E-state index contributed by atoms with van der Waals surface area (Å²) in [5.74, 6) is -0.640. The van der Waals surface area contributed by atoms with E-state index in [9.17, 15) is 9.18 Å². The zero-order valence-corrected chi connectivity index (χ0v) is 9.41. The molecular weight excluding hydrogens is 223 g/mol. The van der Waals surface area contributed by atoms with Crippen molar-refractivity contribution >= 4 is 17.3 Å². The van der Waals surface area contributed by atoms with Crippen LogP contribution in [0, 0.1) is 5.82 Å². The van der Waals surface area contributed by atoms with Gasteiger partial charge in [0.1, 0.15) is 5.82 Å². The van der Waals surface area contributed by atoms with E-state index < -0.39 is 5.82 Å². The molecule has 1 amide bonds. The summed E-state index contributed by atoms with van der Waals surface area (Å²) in [6.07, 6.45) is 2.18. The van der Waals surface area contributed by atoms with Gasteiger partial charge in [-0.2, -0.15) is 0 Å². The quantitative estimate of drug-likeness (QED) is 0.791. The summed E-state index contributed by atoms with van der Waals surface area (Å²) in [5.41, 5.74) is 6.15. The van der Waals surface area contributed by atoms with E-state index in [1.165, 1.54) is 18.2 Å². The molecule has 0 spiro atoms. The molecule has 0 aromatic heterocycles. The van der Waals surface area contributed by atoms with Crippen LogP contribution < -0.4 is 11.1 Å². The summed E-state index contributed by atoms with van der Waals surface area (Å²) in [6, 6.07) is 3.97. The van der Waals surface area contributed by atoms with E-state index in [1.807, 2.05) is 0 Å². The monoisotopic (exact) mass is 238 g/mol. The van der Waals surface area contributed by atoms with Crippen LogP contribution in [0.5, 0.6) is 0 Å². The van der Waals surface area contributed by atoms with Crippen molar-refractivity contribution in [1.82, 2.24) is 0 Å². The minimum Gasteiger partial charge on any atom is -0.399 e. The van der Waals surface area contributed by atoms with Crippen molar-refractivity contribution in [3.8, 4) is 0 Å². The van der Waals surface area contributed by atoms with Gasteiger partial charge < -0.3 is 15.8 Å². The highest BCUT2D eigenvalue weighted by atomic mass is 19.1. The van der Waals surface area contributed by atoms with Crippen molar-refractivity contribution < 1.29 is 13.9 Å². The summed E-state index contributed by atoms with van der Waals surface area (Å²) < 4.78 is 18.4. The molecule has 1 aromatic rings. The van der Waals surface area contributed by atoms with Gasteiger partial charge in [0.2, 0.25) is 5.91 Å². The molecule has 1 unspecified atom stereocenters. The minimum absolute atomic E-state index is 0.0130. The number of hydrogen-bond acceptors (Lipinski definition) is 3. The van der Waals surface area contributed by atoms with Crippen LogP contribution in [-0.2, 0) is 9.53 Å². The van der Waals surface area contributed by atoms with Gasteiger partial charge in [0, 0.05) is 18.0 Å². The van der Waals surface area contributed by atoms with E-state index in [2.05, 4.69) is 5.32 Å². The highest BCUT2D eigenvalue weighted by molar-refractivity contribution is 5.91. The number of ether oxygens (including phenoxy) is 1. The molecule has 0 saturated carbocycles. The van der Waals surface area contributed by atoms with Gasteiger partial charge in [-0.05, 0) is 31.0 Å². The normalized spacial score (nSPS) is 19.2. The van der Waals surface area contributed by atoms with Gasteiger partial charge in [-0.1, -0.05) is 0 Å². The van der Waals surface area contributed by atoms with Crippen molar-refractivity contribution in [2.75, 3.05) is 17.7 Å².